The van der Waals surface area contributed by atoms with Gasteiger partial charge >= 0.3 is 0 Å². The van der Waals surface area contributed by atoms with Crippen LogP contribution in [0.15, 0.2) is 188 Å². The van der Waals surface area contributed by atoms with E-state index in [0.717, 1.165) is 73.8 Å². The summed E-state index contributed by atoms with van der Waals surface area (Å²) in [6, 6.07) is 41.0. The summed E-state index contributed by atoms with van der Waals surface area (Å²) < 4.78 is 8.97. The number of benzene rings is 5. The maximum Gasteiger partial charge on any atom is 0.136 e. The van der Waals surface area contributed by atoms with Crippen LogP contribution in [0, 0.1) is 0 Å². The summed E-state index contributed by atoms with van der Waals surface area (Å²) >= 11 is 1.82. The molecule has 50 heavy (non-hydrogen) atoms. The van der Waals surface area contributed by atoms with Gasteiger partial charge in [-0.1, -0.05) is 147 Å². The van der Waals surface area contributed by atoms with Crippen LogP contribution >= 0.6 is 11.3 Å². The van der Waals surface area contributed by atoms with Crippen LogP contribution in [0.2, 0.25) is 0 Å². The van der Waals surface area contributed by atoms with Crippen LogP contribution in [0.5, 0.6) is 0 Å². The summed E-state index contributed by atoms with van der Waals surface area (Å²) in [5.41, 5.74) is 9.44. The van der Waals surface area contributed by atoms with Crippen LogP contribution in [0.4, 0.5) is 0 Å². The first-order valence-corrected chi connectivity index (χ1v) is 17.8. The number of para-hydroxylation sites is 1. The van der Waals surface area contributed by atoms with Gasteiger partial charge in [-0.05, 0) is 92.6 Å². The Morgan fingerprint density at radius 2 is 1.44 bits per heavy atom. The number of fused-ring (bicyclic) bond motifs is 5. The molecular weight excluding hydrogens is 625 g/mol. The van der Waals surface area contributed by atoms with E-state index in [1.165, 1.54) is 31.0 Å². The van der Waals surface area contributed by atoms with Crippen molar-refractivity contribution in [1.29, 1.82) is 0 Å². The molecule has 2 aromatic heterocycles. The van der Waals surface area contributed by atoms with Crippen LogP contribution in [-0.2, 0) is 0 Å². The minimum absolute atomic E-state index is 0.850. The maximum atomic E-state index is 6.45. The van der Waals surface area contributed by atoms with Crippen molar-refractivity contribution in [3.8, 4) is 11.3 Å². The van der Waals surface area contributed by atoms with Gasteiger partial charge < -0.3 is 4.42 Å². The summed E-state index contributed by atoms with van der Waals surface area (Å²) in [7, 11) is 0. The molecule has 0 spiro atoms. The Morgan fingerprint density at radius 1 is 0.700 bits per heavy atom. The van der Waals surface area contributed by atoms with Gasteiger partial charge in [0.2, 0.25) is 0 Å². The third-order valence-electron chi connectivity index (χ3n) is 9.43. The molecule has 0 bridgehead atoms. The molecule has 0 saturated heterocycles. The van der Waals surface area contributed by atoms with E-state index in [0.29, 0.717) is 0 Å². The summed E-state index contributed by atoms with van der Waals surface area (Å²) in [5, 5.41) is 5.92. The number of thiophene rings is 1. The molecule has 0 fully saturated rings. The van der Waals surface area contributed by atoms with Gasteiger partial charge in [-0.2, -0.15) is 0 Å². The highest BCUT2D eigenvalue weighted by Gasteiger charge is 2.18. The van der Waals surface area contributed by atoms with E-state index in [1.54, 1.807) is 6.08 Å². The van der Waals surface area contributed by atoms with E-state index in [9.17, 15) is 0 Å². The molecule has 0 N–H and O–H groups in total. The van der Waals surface area contributed by atoms with Gasteiger partial charge in [0.25, 0.3) is 0 Å². The van der Waals surface area contributed by atoms with Crippen molar-refractivity contribution in [2.75, 3.05) is 0 Å². The van der Waals surface area contributed by atoms with E-state index in [2.05, 4.69) is 141 Å². The molecule has 7 aromatic rings. The zero-order valence-corrected chi connectivity index (χ0v) is 28.7. The topological polar surface area (TPSA) is 13.1 Å². The van der Waals surface area contributed by atoms with Crippen LogP contribution in [0.25, 0.3) is 59.2 Å². The summed E-state index contributed by atoms with van der Waals surface area (Å²) in [4.78, 5) is 0. The number of rotatable bonds is 7. The zero-order chi connectivity index (χ0) is 34.0. The molecule has 2 heteroatoms. The molecule has 1 aliphatic rings. The smallest absolute Gasteiger partial charge is 0.136 e. The number of allylic oxidation sites excluding steroid dienone is 8. The Kier molecular flexibility index (Phi) is 8.46. The second kappa shape index (κ2) is 13.5. The molecule has 5 aromatic carbocycles. The molecule has 8 rings (SSSR count). The van der Waals surface area contributed by atoms with Crippen LogP contribution in [0.3, 0.4) is 0 Å². The van der Waals surface area contributed by atoms with Crippen molar-refractivity contribution < 1.29 is 4.42 Å². The van der Waals surface area contributed by atoms with Crippen molar-refractivity contribution in [2.45, 2.75) is 12.8 Å². The largest absolute Gasteiger partial charge is 0.456 e. The average Bonchev–Trinajstić information content (AvgIpc) is 3.76. The quantitative estimate of drug-likeness (QED) is 0.155. The molecule has 1 nitrogen and oxygen atoms in total. The number of hydrogen-bond acceptors (Lipinski definition) is 2. The lowest BCUT2D eigenvalue weighted by atomic mass is 9.90. The van der Waals surface area contributed by atoms with Crippen molar-refractivity contribution in [2.24, 2.45) is 0 Å². The van der Waals surface area contributed by atoms with E-state index in [4.69, 9.17) is 11.0 Å². The van der Waals surface area contributed by atoms with Gasteiger partial charge in [-0.25, -0.2) is 0 Å². The van der Waals surface area contributed by atoms with E-state index in [1.807, 2.05) is 35.6 Å². The molecule has 0 radical (unpaired) electrons. The fraction of sp³-hybridized carbons (Fsp3) is 0.0417. The SMILES string of the molecule is C=C/C=C\C(=C)C1=c2\cccc\c2=C(c2ccc(C(=C)c3cc4c(cc3-c3cc5ccccc5o3)sc3ccccc34)cc2)\C=C\CC\C=C\1. The lowest BCUT2D eigenvalue weighted by Gasteiger charge is -2.14. The monoisotopic (exact) mass is 660 g/mol. The average molecular weight is 661 g/mol. The lowest BCUT2D eigenvalue weighted by molar-refractivity contribution is 0.631. The van der Waals surface area contributed by atoms with Crippen molar-refractivity contribution in [1.82, 2.24) is 0 Å². The van der Waals surface area contributed by atoms with Gasteiger partial charge in [0.05, 0.1) is 0 Å². The fourth-order valence-corrected chi connectivity index (χ4v) is 8.01. The predicted octanol–water partition coefficient (Wildman–Crippen LogP) is 12.1. The van der Waals surface area contributed by atoms with Crippen LogP contribution in [-0.4, -0.2) is 0 Å². The highest BCUT2D eigenvalue weighted by molar-refractivity contribution is 7.25. The standard InChI is InChI=1S/C48H36OS/c1-4-5-16-32(2)37-18-8-6-7-9-19-38(40-21-12-11-20-39(37)40)35-27-25-34(26-28-35)33(3)42-30-44-41-22-13-15-24-47(41)50-48(44)31-43(42)46-29-36-17-10-14-23-45(36)49-46/h4-5,8-31H,1-3,6-7H2/b16-5-,18-8+,19-9+,39-37+,40-38+. The minimum atomic E-state index is 0.850. The zero-order valence-electron chi connectivity index (χ0n) is 27.9. The number of furan rings is 1. The Bertz CT molecular complexity index is 2650. The highest BCUT2D eigenvalue weighted by atomic mass is 32.1. The summed E-state index contributed by atoms with van der Waals surface area (Å²) in [6.07, 6.45) is 16.7. The molecule has 0 unspecified atom stereocenters. The molecular formula is C48H36OS. The van der Waals surface area contributed by atoms with Gasteiger partial charge in [0.15, 0.2) is 0 Å². The summed E-state index contributed by atoms with van der Waals surface area (Å²) in [6.45, 7) is 12.9. The molecule has 2 heterocycles. The Morgan fingerprint density at radius 3 is 2.26 bits per heavy atom. The van der Waals surface area contributed by atoms with Crippen LogP contribution in [0.1, 0.15) is 29.5 Å². The Labute approximate surface area is 296 Å². The van der Waals surface area contributed by atoms with Crippen molar-refractivity contribution >= 4 is 59.2 Å². The second-order valence-corrected chi connectivity index (χ2v) is 13.7. The highest BCUT2D eigenvalue weighted by Crippen LogP contribution is 2.42. The molecule has 0 saturated carbocycles. The molecule has 0 aliphatic heterocycles. The van der Waals surface area contributed by atoms with E-state index in [-0.39, 0.29) is 0 Å². The predicted molar refractivity (Wildman–Crippen MR) is 217 cm³/mol. The van der Waals surface area contributed by atoms with Crippen molar-refractivity contribution in [3.63, 3.8) is 0 Å². The summed E-state index contributed by atoms with van der Waals surface area (Å²) in [5.74, 6) is 0.850. The maximum absolute atomic E-state index is 6.45. The second-order valence-electron chi connectivity index (χ2n) is 12.6. The Balaban J connectivity index is 1.27. The van der Waals surface area contributed by atoms with E-state index < -0.39 is 0 Å². The molecule has 0 atom stereocenters. The third-order valence-corrected chi connectivity index (χ3v) is 10.6. The lowest BCUT2D eigenvalue weighted by Crippen LogP contribution is -2.29. The van der Waals surface area contributed by atoms with Crippen molar-refractivity contribution in [3.05, 3.63) is 210 Å². The van der Waals surface area contributed by atoms with Gasteiger partial charge in [-0.3, -0.25) is 0 Å². The first kappa shape index (κ1) is 31.3. The van der Waals surface area contributed by atoms with Crippen LogP contribution < -0.4 is 10.4 Å². The Hall–Kier alpha value is -5.96. The third kappa shape index (κ3) is 5.85. The van der Waals surface area contributed by atoms with Gasteiger partial charge in [0.1, 0.15) is 11.3 Å². The molecule has 240 valence electrons. The molecule has 0 amide bonds. The van der Waals surface area contributed by atoms with E-state index >= 15 is 0 Å². The number of hydrogen-bond donors (Lipinski definition) is 0. The molecule has 1 aliphatic carbocycles. The first-order chi connectivity index (χ1) is 24.6. The normalized spacial score (nSPS) is 16.8. The minimum Gasteiger partial charge on any atom is -0.456 e. The van der Waals surface area contributed by atoms with Gasteiger partial charge in [0, 0.05) is 31.1 Å². The van der Waals surface area contributed by atoms with Gasteiger partial charge in [-0.15, -0.1) is 11.3 Å². The first-order valence-electron chi connectivity index (χ1n) is 17.0. The fourth-order valence-electron chi connectivity index (χ4n) is 6.88.